The second-order valence-electron chi connectivity index (χ2n) is 6.02. The van der Waals surface area contributed by atoms with Crippen molar-refractivity contribution in [3.8, 4) is 0 Å². The number of hydrogen-bond acceptors (Lipinski definition) is 2. The minimum absolute atomic E-state index is 0.0858. The van der Waals surface area contributed by atoms with Crippen molar-refractivity contribution in [2.24, 2.45) is 11.7 Å². The molecule has 0 fully saturated rings. The van der Waals surface area contributed by atoms with E-state index < -0.39 is 0 Å². The Labute approximate surface area is 133 Å². The third kappa shape index (κ3) is 4.90. The lowest BCUT2D eigenvalue weighted by Crippen LogP contribution is -2.13. The normalized spacial score (nSPS) is 12.6. The summed E-state index contributed by atoms with van der Waals surface area (Å²) in [5, 5.41) is 0. The molecule has 2 aromatic carbocycles. The van der Waals surface area contributed by atoms with Crippen molar-refractivity contribution in [2.45, 2.75) is 38.1 Å². The number of rotatable bonds is 6. The van der Waals surface area contributed by atoms with Crippen LogP contribution in [0.4, 0.5) is 0 Å². The monoisotopic (exact) mass is 299 g/mol. The van der Waals surface area contributed by atoms with Crippen molar-refractivity contribution < 1.29 is 0 Å². The molecule has 1 nitrogen and oxygen atoms in total. The van der Waals surface area contributed by atoms with Crippen LogP contribution in [0.3, 0.4) is 0 Å². The van der Waals surface area contributed by atoms with E-state index in [-0.39, 0.29) is 6.04 Å². The second kappa shape index (κ2) is 7.67. The van der Waals surface area contributed by atoms with Gasteiger partial charge in [0.15, 0.2) is 0 Å². The molecule has 2 heteroatoms. The Hall–Kier alpha value is -1.25. The Morgan fingerprint density at radius 2 is 1.67 bits per heavy atom. The highest BCUT2D eigenvalue weighted by Crippen LogP contribution is 2.26. The van der Waals surface area contributed by atoms with Gasteiger partial charge in [-0.2, -0.15) is 0 Å². The molecule has 2 rings (SSSR count). The maximum absolute atomic E-state index is 6.32. The standard InChI is InChI=1S/C19H25NS/c1-14(2)12-16-8-10-17(11-9-16)18(20)13-21-19-7-5-4-6-15(19)3/h4-11,14,18H,12-13,20H2,1-3H3. The lowest BCUT2D eigenvalue weighted by molar-refractivity contribution is 0.647. The molecular weight excluding hydrogens is 274 g/mol. The van der Waals surface area contributed by atoms with Gasteiger partial charge < -0.3 is 5.73 Å². The summed E-state index contributed by atoms with van der Waals surface area (Å²) in [4.78, 5) is 1.32. The van der Waals surface area contributed by atoms with E-state index in [2.05, 4.69) is 69.3 Å². The van der Waals surface area contributed by atoms with Gasteiger partial charge >= 0.3 is 0 Å². The summed E-state index contributed by atoms with van der Waals surface area (Å²) in [5.41, 5.74) is 10.3. The molecule has 2 N–H and O–H groups in total. The van der Waals surface area contributed by atoms with Gasteiger partial charge in [-0.15, -0.1) is 11.8 Å². The van der Waals surface area contributed by atoms with Gasteiger partial charge in [0.2, 0.25) is 0 Å². The predicted molar refractivity (Wildman–Crippen MR) is 93.8 cm³/mol. The Bertz CT molecular complexity index is 560. The van der Waals surface area contributed by atoms with Crippen LogP contribution in [0.1, 0.15) is 36.6 Å². The minimum atomic E-state index is 0.0858. The van der Waals surface area contributed by atoms with Crippen molar-refractivity contribution in [1.29, 1.82) is 0 Å². The zero-order valence-electron chi connectivity index (χ0n) is 13.2. The van der Waals surface area contributed by atoms with Crippen LogP contribution in [0.15, 0.2) is 53.4 Å². The van der Waals surface area contributed by atoms with Crippen LogP contribution in [-0.2, 0) is 6.42 Å². The van der Waals surface area contributed by atoms with Crippen LogP contribution in [0.25, 0.3) is 0 Å². The molecule has 1 atom stereocenters. The summed E-state index contributed by atoms with van der Waals surface area (Å²) < 4.78 is 0. The van der Waals surface area contributed by atoms with E-state index in [9.17, 15) is 0 Å². The largest absolute Gasteiger partial charge is 0.323 e. The highest BCUT2D eigenvalue weighted by atomic mass is 32.2. The van der Waals surface area contributed by atoms with Gasteiger partial charge in [-0.3, -0.25) is 0 Å². The molecule has 0 amide bonds. The van der Waals surface area contributed by atoms with Gasteiger partial charge in [-0.05, 0) is 42.0 Å². The average molecular weight is 299 g/mol. The lowest BCUT2D eigenvalue weighted by atomic mass is 10.0. The van der Waals surface area contributed by atoms with Crippen LogP contribution in [0.5, 0.6) is 0 Å². The predicted octanol–water partition coefficient (Wildman–Crippen LogP) is 4.99. The van der Waals surface area contributed by atoms with Crippen molar-refractivity contribution >= 4 is 11.8 Å². The van der Waals surface area contributed by atoms with Crippen LogP contribution in [0, 0.1) is 12.8 Å². The van der Waals surface area contributed by atoms with Gasteiger partial charge in [0.25, 0.3) is 0 Å². The molecule has 0 radical (unpaired) electrons. The van der Waals surface area contributed by atoms with Crippen LogP contribution >= 0.6 is 11.8 Å². The number of hydrogen-bond donors (Lipinski definition) is 1. The molecule has 0 saturated heterocycles. The Morgan fingerprint density at radius 1 is 1.00 bits per heavy atom. The fraction of sp³-hybridized carbons (Fsp3) is 0.368. The van der Waals surface area contributed by atoms with E-state index in [1.807, 2.05) is 11.8 Å². The molecule has 0 heterocycles. The number of benzene rings is 2. The van der Waals surface area contributed by atoms with Crippen LogP contribution in [-0.4, -0.2) is 5.75 Å². The van der Waals surface area contributed by atoms with Crippen LogP contribution in [0.2, 0.25) is 0 Å². The van der Waals surface area contributed by atoms with Crippen molar-refractivity contribution in [2.75, 3.05) is 5.75 Å². The molecule has 0 aliphatic carbocycles. The zero-order chi connectivity index (χ0) is 15.2. The van der Waals surface area contributed by atoms with E-state index in [0.717, 1.165) is 12.2 Å². The fourth-order valence-electron chi connectivity index (χ4n) is 2.37. The minimum Gasteiger partial charge on any atom is -0.323 e. The summed E-state index contributed by atoms with van der Waals surface area (Å²) in [6, 6.07) is 17.4. The first kappa shape index (κ1) is 16.1. The molecular formula is C19H25NS. The van der Waals surface area contributed by atoms with Gasteiger partial charge in [0, 0.05) is 16.7 Å². The molecule has 0 spiro atoms. The summed E-state index contributed by atoms with van der Waals surface area (Å²) >= 11 is 1.84. The average Bonchev–Trinajstić information content (AvgIpc) is 2.46. The summed E-state index contributed by atoms with van der Waals surface area (Å²) in [6.07, 6.45) is 1.13. The van der Waals surface area contributed by atoms with Gasteiger partial charge in [-0.25, -0.2) is 0 Å². The molecule has 0 saturated carbocycles. The van der Waals surface area contributed by atoms with Gasteiger partial charge in [-0.1, -0.05) is 56.3 Å². The Kier molecular flexibility index (Phi) is 5.89. The first-order valence-corrected chi connectivity index (χ1v) is 8.57. The summed E-state index contributed by atoms with van der Waals surface area (Å²) in [7, 11) is 0. The molecule has 112 valence electrons. The highest BCUT2D eigenvalue weighted by Gasteiger charge is 2.08. The van der Waals surface area contributed by atoms with Crippen molar-refractivity contribution in [1.82, 2.24) is 0 Å². The van der Waals surface area contributed by atoms with Gasteiger partial charge in [0.05, 0.1) is 0 Å². The topological polar surface area (TPSA) is 26.0 Å². The third-order valence-corrected chi connectivity index (χ3v) is 4.86. The summed E-state index contributed by atoms with van der Waals surface area (Å²) in [6.45, 7) is 6.64. The first-order valence-electron chi connectivity index (χ1n) is 7.59. The smallest absolute Gasteiger partial charge is 0.0390 e. The van der Waals surface area contributed by atoms with E-state index in [1.54, 1.807) is 0 Å². The van der Waals surface area contributed by atoms with E-state index in [1.165, 1.54) is 21.6 Å². The summed E-state index contributed by atoms with van der Waals surface area (Å²) in [5.74, 6) is 1.61. The Morgan fingerprint density at radius 3 is 2.29 bits per heavy atom. The second-order valence-corrected chi connectivity index (χ2v) is 7.08. The fourth-order valence-corrected chi connectivity index (χ4v) is 3.39. The number of aryl methyl sites for hydroxylation is 1. The molecule has 0 aliphatic heterocycles. The van der Waals surface area contributed by atoms with Crippen molar-refractivity contribution in [3.05, 3.63) is 65.2 Å². The maximum atomic E-state index is 6.32. The molecule has 1 unspecified atom stereocenters. The van der Waals surface area contributed by atoms with E-state index >= 15 is 0 Å². The molecule has 0 bridgehead atoms. The SMILES string of the molecule is Cc1ccccc1SCC(N)c1ccc(CC(C)C)cc1. The Balaban J connectivity index is 1.94. The first-order chi connectivity index (χ1) is 10.1. The zero-order valence-corrected chi connectivity index (χ0v) is 14.0. The van der Waals surface area contributed by atoms with Crippen molar-refractivity contribution in [3.63, 3.8) is 0 Å². The molecule has 21 heavy (non-hydrogen) atoms. The van der Waals surface area contributed by atoms with E-state index in [0.29, 0.717) is 5.92 Å². The van der Waals surface area contributed by atoms with Gasteiger partial charge in [0.1, 0.15) is 0 Å². The maximum Gasteiger partial charge on any atom is 0.0390 e. The van der Waals surface area contributed by atoms with Crippen LogP contribution < -0.4 is 5.73 Å². The third-order valence-electron chi connectivity index (χ3n) is 3.56. The molecule has 0 aromatic heterocycles. The quantitative estimate of drug-likeness (QED) is 0.761. The lowest BCUT2D eigenvalue weighted by Gasteiger charge is -2.14. The number of thioether (sulfide) groups is 1. The number of nitrogens with two attached hydrogens (primary N) is 1. The molecule has 0 aliphatic rings. The highest BCUT2D eigenvalue weighted by molar-refractivity contribution is 7.99. The molecule has 2 aromatic rings. The van der Waals surface area contributed by atoms with E-state index in [4.69, 9.17) is 5.73 Å².